The van der Waals surface area contributed by atoms with Crippen LogP contribution in [-0.4, -0.2) is 49.1 Å². The minimum atomic E-state index is -0.859. The van der Waals surface area contributed by atoms with Crippen molar-refractivity contribution in [2.75, 3.05) is 13.7 Å². The summed E-state index contributed by atoms with van der Waals surface area (Å²) < 4.78 is 10.1. The Morgan fingerprint density at radius 3 is 2.71 bits per heavy atom. The Hall–Kier alpha value is -0.650. The Morgan fingerprint density at radius 1 is 1.64 bits per heavy atom. The van der Waals surface area contributed by atoms with Crippen LogP contribution in [0.1, 0.15) is 13.8 Å². The molecule has 0 bridgehead atoms. The fraction of sp³-hybridized carbons (Fsp3) is 0.889. The number of aliphatic hydroxyl groups is 1. The summed E-state index contributed by atoms with van der Waals surface area (Å²) >= 11 is 0. The first-order valence-corrected chi connectivity index (χ1v) is 4.79. The zero-order chi connectivity index (χ0) is 10.7. The minimum absolute atomic E-state index is 0.190. The van der Waals surface area contributed by atoms with Crippen LogP contribution in [0.25, 0.3) is 0 Å². The van der Waals surface area contributed by atoms with Gasteiger partial charge in [0.25, 0.3) is 0 Å². The largest absolute Gasteiger partial charge is 0.464 e. The van der Waals surface area contributed by atoms with Crippen molar-refractivity contribution in [1.29, 1.82) is 0 Å². The number of rotatable bonds is 3. The summed E-state index contributed by atoms with van der Waals surface area (Å²) in [5.41, 5.74) is 0. The van der Waals surface area contributed by atoms with E-state index in [4.69, 9.17) is 9.47 Å². The van der Waals surface area contributed by atoms with Gasteiger partial charge in [0.2, 0.25) is 0 Å². The number of nitrogens with one attached hydrogen (secondary N) is 1. The lowest BCUT2D eigenvalue weighted by Crippen LogP contribution is -2.44. The number of likely N-dealkylation sites (N-methyl/N-ethyl adjacent to an activating group) is 1. The number of hydrogen-bond donors (Lipinski definition) is 2. The molecule has 1 unspecified atom stereocenters. The van der Waals surface area contributed by atoms with Crippen LogP contribution in [0.15, 0.2) is 0 Å². The molecule has 5 heteroatoms. The van der Waals surface area contributed by atoms with Crippen molar-refractivity contribution in [3.63, 3.8) is 0 Å². The summed E-state index contributed by atoms with van der Waals surface area (Å²) in [6.45, 7) is 3.83. The van der Waals surface area contributed by atoms with E-state index in [2.05, 4.69) is 5.32 Å². The molecule has 14 heavy (non-hydrogen) atoms. The second-order valence-corrected chi connectivity index (χ2v) is 3.32. The van der Waals surface area contributed by atoms with E-state index in [1.807, 2.05) is 6.92 Å². The van der Waals surface area contributed by atoms with Crippen LogP contribution in [0.4, 0.5) is 0 Å². The van der Waals surface area contributed by atoms with Gasteiger partial charge < -0.3 is 19.9 Å². The van der Waals surface area contributed by atoms with Crippen LogP contribution in [0.2, 0.25) is 0 Å². The zero-order valence-corrected chi connectivity index (χ0v) is 8.69. The second-order valence-electron chi connectivity index (χ2n) is 3.32. The van der Waals surface area contributed by atoms with Crippen LogP contribution >= 0.6 is 0 Å². The highest BCUT2D eigenvalue weighted by Gasteiger charge is 2.45. The molecule has 0 aromatic rings. The number of ether oxygens (including phenoxy) is 2. The smallest absolute Gasteiger partial charge is 0.338 e. The highest BCUT2D eigenvalue weighted by atomic mass is 16.6. The normalized spacial score (nSPS) is 37.1. The predicted octanol–water partition coefficient (Wildman–Crippen LogP) is -0.714. The van der Waals surface area contributed by atoms with Crippen LogP contribution in [-0.2, 0) is 14.3 Å². The van der Waals surface area contributed by atoms with Gasteiger partial charge >= 0.3 is 5.97 Å². The Morgan fingerprint density at radius 2 is 2.29 bits per heavy atom. The molecular formula is C9H17NO4. The highest BCUT2D eigenvalue weighted by Crippen LogP contribution is 2.21. The van der Waals surface area contributed by atoms with Gasteiger partial charge in [-0.2, -0.15) is 0 Å². The number of carbonyl (C=O) groups excluding carboxylic acids is 1. The Bertz CT molecular complexity index is 209. The third-order valence-electron chi connectivity index (χ3n) is 2.40. The molecule has 1 fully saturated rings. The van der Waals surface area contributed by atoms with Crippen molar-refractivity contribution in [2.24, 2.45) is 0 Å². The number of esters is 1. The molecule has 1 aliphatic heterocycles. The van der Waals surface area contributed by atoms with E-state index in [1.165, 1.54) is 0 Å². The van der Waals surface area contributed by atoms with Crippen molar-refractivity contribution in [3.8, 4) is 0 Å². The quantitative estimate of drug-likeness (QED) is 0.593. The zero-order valence-electron chi connectivity index (χ0n) is 8.69. The molecule has 0 aromatic carbocycles. The van der Waals surface area contributed by atoms with Crippen LogP contribution in [0.5, 0.6) is 0 Å². The maximum absolute atomic E-state index is 11.3. The summed E-state index contributed by atoms with van der Waals surface area (Å²) in [6.07, 6.45) is -1.89. The molecule has 1 aliphatic rings. The average Bonchev–Trinajstić information content (AvgIpc) is 2.42. The lowest BCUT2D eigenvalue weighted by atomic mass is 10.1. The SMILES string of the molecule is CCOC(=O)[C@@H]1OC(C)[C@H](NC)[C@@H]1O. The lowest BCUT2D eigenvalue weighted by Gasteiger charge is -2.16. The van der Waals surface area contributed by atoms with E-state index >= 15 is 0 Å². The Kier molecular flexibility index (Phi) is 3.86. The van der Waals surface area contributed by atoms with Gasteiger partial charge in [-0.25, -0.2) is 4.79 Å². The average molecular weight is 203 g/mol. The first-order chi connectivity index (χ1) is 6.61. The molecule has 1 saturated heterocycles. The van der Waals surface area contributed by atoms with Crippen LogP contribution < -0.4 is 5.32 Å². The summed E-state index contributed by atoms with van der Waals surface area (Å²) in [5.74, 6) is -0.496. The van der Waals surface area contributed by atoms with Crippen molar-refractivity contribution < 1.29 is 19.4 Å². The molecule has 4 atom stereocenters. The summed E-state index contributed by atoms with van der Waals surface area (Å²) in [5, 5.41) is 12.6. The lowest BCUT2D eigenvalue weighted by molar-refractivity contribution is -0.159. The molecule has 0 radical (unpaired) electrons. The van der Waals surface area contributed by atoms with Crippen molar-refractivity contribution in [3.05, 3.63) is 0 Å². The molecule has 5 nitrogen and oxygen atoms in total. The van der Waals surface area contributed by atoms with E-state index in [9.17, 15) is 9.90 Å². The number of hydrogen-bond acceptors (Lipinski definition) is 5. The molecule has 0 aliphatic carbocycles. The summed E-state index contributed by atoms with van der Waals surface area (Å²) in [6, 6.07) is -0.218. The Balaban J connectivity index is 2.61. The van der Waals surface area contributed by atoms with Gasteiger partial charge in [-0.15, -0.1) is 0 Å². The molecule has 0 amide bonds. The second kappa shape index (κ2) is 4.72. The van der Waals surface area contributed by atoms with Crippen molar-refractivity contribution in [1.82, 2.24) is 5.32 Å². The van der Waals surface area contributed by atoms with E-state index in [0.29, 0.717) is 6.61 Å². The molecule has 0 spiro atoms. The van der Waals surface area contributed by atoms with Gasteiger partial charge in [0.15, 0.2) is 6.10 Å². The third-order valence-corrected chi connectivity index (χ3v) is 2.40. The third kappa shape index (κ3) is 2.05. The first kappa shape index (κ1) is 11.4. The number of aliphatic hydroxyl groups excluding tert-OH is 1. The Labute approximate surface area is 83.4 Å². The van der Waals surface area contributed by atoms with Crippen LogP contribution in [0, 0.1) is 0 Å². The standard InChI is InChI=1S/C9H17NO4/c1-4-13-9(12)8-7(11)6(10-3)5(2)14-8/h5-8,10-11H,4H2,1-3H3/t5?,6-,7-,8+/m0/s1. The van der Waals surface area contributed by atoms with Crippen LogP contribution in [0.3, 0.4) is 0 Å². The van der Waals surface area contributed by atoms with Gasteiger partial charge in [0, 0.05) is 0 Å². The van der Waals surface area contributed by atoms with Gasteiger partial charge in [-0.1, -0.05) is 0 Å². The summed E-state index contributed by atoms with van der Waals surface area (Å²) in [7, 11) is 1.72. The van der Waals surface area contributed by atoms with E-state index < -0.39 is 18.2 Å². The predicted molar refractivity (Wildman–Crippen MR) is 49.8 cm³/mol. The summed E-state index contributed by atoms with van der Waals surface area (Å²) in [4.78, 5) is 11.3. The fourth-order valence-electron chi connectivity index (χ4n) is 1.69. The first-order valence-electron chi connectivity index (χ1n) is 4.79. The maximum atomic E-state index is 11.3. The van der Waals surface area contributed by atoms with E-state index in [1.54, 1.807) is 14.0 Å². The molecule has 1 heterocycles. The fourth-order valence-corrected chi connectivity index (χ4v) is 1.69. The molecule has 2 N–H and O–H groups in total. The molecule has 0 aromatic heterocycles. The van der Waals surface area contributed by atoms with Gasteiger partial charge in [0.1, 0.15) is 6.10 Å². The maximum Gasteiger partial charge on any atom is 0.338 e. The topological polar surface area (TPSA) is 67.8 Å². The van der Waals surface area contributed by atoms with Gasteiger partial charge in [-0.05, 0) is 20.9 Å². The molecular weight excluding hydrogens is 186 g/mol. The van der Waals surface area contributed by atoms with E-state index in [0.717, 1.165) is 0 Å². The van der Waals surface area contributed by atoms with E-state index in [-0.39, 0.29) is 12.1 Å². The van der Waals surface area contributed by atoms with Gasteiger partial charge in [0.05, 0.1) is 18.8 Å². The highest BCUT2D eigenvalue weighted by molar-refractivity contribution is 5.76. The minimum Gasteiger partial charge on any atom is -0.464 e. The van der Waals surface area contributed by atoms with Crippen molar-refractivity contribution >= 4 is 5.97 Å². The monoisotopic (exact) mass is 203 g/mol. The molecule has 1 rings (SSSR count). The molecule has 0 saturated carbocycles. The molecule has 82 valence electrons. The van der Waals surface area contributed by atoms with Gasteiger partial charge in [-0.3, -0.25) is 0 Å². The van der Waals surface area contributed by atoms with Crippen molar-refractivity contribution in [2.45, 2.75) is 38.2 Å². The number of carbonyl (C=O) groups is 1.